The van der Waals surface area contributed by atoms with Gasteiger partial charge in [0.2, 0.25) is 0 Å². The average molecular weight is 322 g/mol. The molecule has 0 bridgehead atoms. The fourth-order valence-corrected chi connectivity index (χ4v) is 2.69. The second kappa shape index (κ2) is 13.1. The van der Waals surface area contributed by atoms with Crippen LogP contribution in [0.4, 0.5) is 0 Å². The molecule has 0 aromatic carbocycles. The van der Waals surface area contributed by atoms with Crippen molar-refractivity contribution in [2.45, 2.75) is 97.6 Å². The van der Waals surface area contributed by atoms with E-state index in [1.807, 2.05) is 17.7 Å². The molecule has 0 aliphatic rings. The van der Waals surface area contributed by atoms with Crippen molar-refractivity contribution in [2.24, 2.45) is 0 Å². The summed E-state index contributed by atoms with van der Waals surface area (Å²) in [5, 5.41) is 0. The molecule has 0 unspecified atom stereocenters. The summed E-state index contributed by atoms with van der Waals surface area (Å²) in [6, 6.07) is 0. The van der Waals surface area contributed by atoms with Gasteiger partial charge in [-0.1, -0.05) is 71.1 Å². The van der Waals surface area contributed by atoms with Gasteiger partial charge in [0, 0.05) is 18.8 Å². The molecule has 4 heteroatoms. The number of hydrogen-bond acceptors (Lipinski definition) is 3. The third kappa shape index (κ3) is 10.1. The lowest BCUT2D eigenvalue weighted by Gasteiger charge is -2.07. The molecule has 23 heavy (non-hydrogen) atoms. The van der Waals surface area contributed by atoms with Gasteiger partial charge in [-0.3, -0.25) is 4.79 Å². The molecular weight excluding hydrogens is 288 g/mol. The molecule has 1 aromatic heterocycles. The Morgan fingerprint density at radius 1 is 1.00 bits per heavy atom. The fraction of sp³-hybridized carbons (Fsp3) is 0.789. The predicted molar refractivity (Wildman–Crippen MR) is 94.1 cm³/mol. The zero-order valence-electron chi connectivity index (χ0n) is 15.1. The number of carbonyl (C=O) groups excluding carboxylic acids is 1. The van der Waals surface area contributed by atoms with Gasteiger partial charge in [-0.15, -0.1) is 0 Å². The molecule has 1 rings (SSSR count). The van der Waals surface area contributed by atoms with E-state index in [1.54, 1.807) is 6.20 Å². The number of hydrogen-bond donors (Lipinski definition) is 0. The summed E-state index contributed by atoms with van der Waals surface area (Å²) >= 11 is 0. The second-order valence-electron chi connectivity index (χ2n) is 6.38. The minimum absolute atomic E-state index is 0.103. The van der Waals surface area contributed by atoms with Crippen molar-refractivity contribution in [3.05, 3.63) is 18.2 Å². The lowest BCUT2D eigenvalue weighted by molar-refractivity contribution is -0.147. The maximum atomic E-state index is 11.7. The molecule has 0 fully saturated rings. The van der Waals surface area contributed by atoms with Crippen molar-refractivity contribution >= 4 is 5.97 Å². The molecule has 0 aliphatic heterocycles. The Hall–Kier alpha value is -1.32. The van der Waals surface area contributed by atoms with Gasteiger partial charge in [-0.05, 0) is 13.3 Å². The van der Waals surface area contributed by atoms with E-state index < -0.39 is 0 Å². The Morgan fingerprint density at radius 2 is 1.57 bits per heavy atom. The highest BCUT2D eigenvalue weighted by molar-refractivity contribution is 5.69. The largest absolute Gasteiger partial charge is 0.444 e. The van der Waals surface area contributed by atoms with Crippen LogP contribution >= 0.6 is 0 Å². The zero-order chi connectivity index (χ0) is 16.8. The Morgan fingerprint density at radius 3 is 2.09 bits per heavy atom. The van der Waals surface area contributed by atoms with Crippen molar-refractivity contribution in [1.29, 1.82) is 0 Å². The monoisotopic (exact) mass is 322 g/mol. The Labute approximate surface area is 141 Å². The number of unbranched alkanes of at least 4 members (excludes halogenated alkanes) is 10. The van der Waals surface area contributed by atoms with E-state index in [4.69, 9.17) is 4.74 Å². The first-order valence-electron chi connectivity index (χ1n) is 9.37. The Kier molecular flexibility index (Phi) is 11.3. The van der Waals surface area contributed by atoms with Crippen LogP contribution in [0.25, 0.3) is 0 Å². The third-order valence-electron chi connectivity index (χ3n) is 4.27. The summed E-state index contributed by atoms with van der Waals surface area (Å²) in [5.41, 5.74) is 0. The minimum Gasteiger partial charge on any atom is -0.444 e. The number of esters is 1. The molecule has 4 nitrogen and oxygen atoms in total. The van der Waals surface area contributed by atoms with E-state index >= 15 is 0 Å². The smallest absolute Gasteiger partial charge is 0.307 e. The standard InChI is InChI=1S/C19H34N2O2/c1-3-4-5-6-7-8-9-10-11-12-13-14-19(22)23-17-21-16-15-20-18(21)2/h15-16H,3-14,17H2,1-2H3. The quantitative estimate of drug-likeness (QED) is 0.340. The highest BCUT2D eigenvalue weighted by Crippen LogP contribution is 2.12. The molecular formula is C19H34N2O2. The van der Waals surface area contributed by atoms with E-state index in [0.717, 1.165) is 18.7 Å². The first-order valence-corrected chi connectivity index (χ1v) is 9.37. The van der Waals surface area contributed by atoms with Gasteiger partial charge in [0.1, 0.15) is 5.82 Å². The molecule has 0 radical (unpaired) electrons. The van der Waals surface area contributed by atoms with E-state index in [2.05, 4.69) is 11.9 Å². The number of rotatable bonds is 14. The molecule has 1 aromatic rings. The zero-order valence-corrected chi connectivity index (χ0v) is 15.1. The highest BCUT2D eigenvalue weighted by Gasteiger charge is 2.04. The third-order valence-corrected chi connectivity index (χ3v) is 4.27. The van der Waals surface area contributed by atoms with Crippen LogP contribution in [0.2, 0.25) is 0 Å². The molecule has 0 saturated carbocycles. The van der Waals surface area contributed by atoms with Crippen molar-refractivity contribution in [3.63, 3.8) is 0 Å². The van der Waals surface area contributed by atoms with Gasteiger partial charge >= 0.3 is 5.97 Å². The summed E-state index contributed by atoms with van der Waals surface area (Å²) in [4.78, 5) is 15.8. The van der Waals surface area contributed by atoms with Crippen LogP contribution in [-0.4, -0.2) is 15.5 Å². The maximum absolute atomic E-state index is 11.7. The Balaban J connectivity index is 1.85. The molecule has 0 saturated heterocycles. The SMILES string of the molecule is CCCCCCCCCCCCCC(=O)OCn1ccnc1C. The maximum Gasteiger partial charge on any atom is 0.307 e. The minimum atomic E-state index is -0.103. The predicted octanol–water partition coefficient (Wildman–Crippen LogP) is 5.39. The summed E-state index contributed by atoms with van der Waals surface area (Å²) in [6.07, 6.45) is 18.3. The van der Waals surface area contributed by atoms with Crippen molar-refractivity contribution in [2.75, 3.05) is 0 Å². The first kappa shape index (κ1) is 19.7. The van der Waals surface area contributed by atoms with Crippen molar-refractivity contribution < 1.29 is 9.53 Å². The first-order chi connectivity index (χ1) is 11.2. The van der Waals surface area contributed by atoms with Crippen molar-refractivity contribution in [3.8, 4) is 0 Å². The van der Waals surface area contributed by atoms with Crippen LogP contribution in [0.3, 0.4) is 0 Å². The normalized spacial score (nSPS) is 10.9. The summed E-state index contributed by atoms with van der Waals surface area (Å²) < 4.78 is 7.07. The summed E-state index contributed by atoms with van der Waals surface area (Å²) in [5.74, 6) is 0.765. The molecule has 0 amide bonds. The van der Waals surface area contributed by atoms with Gasteiger partial charge in [0.25, 0.3) is 0 Å². The van der Waals surface area contributed by atoms with Crippen molar-refractivity contribution in [1.82, 2.24) is 9.55 Å². The van der Waals surface area contributed by atoms with Crippen LogP contribution in [0.15, 0.2) is 12.4 Å². The lowest BCUT2D eigenvalue weighted by Crippen LogP contribution is -2.09. The lowest BCUT2D eigenvalue weighted by atomic mass is 10.1. The van der Waals surface area contributed by atoms with E-state index in [9.17, 15) is 4.79 Å². The van der Waals surface area contributed by atoms with Crippen LogP contribution in [0, 0.1) is 6.92 Å². The average Bonchev–Trinajstić information content (AvgIpc) is 2.96. The summed E-state index contributed by atoms with van der Waals surface area (Å²) in [7, 11) is 0. The molecule has 0 spiro atoms. The molecule has 0 atom stereocenters. The topological polar surface area (TPSA) is 44.1 Å². The van der Waals surface area contributed by atoms with Crippen LogP contribution in [0.5, 0.6) is 0 Å². The fourth-order valence-electron chi connectivity index (χ4n) is 2.69. The number of ether oxygens (including phenoxy) is 1. The van der Waals surface area contributed by atoms with E-state index in [-0.39, 0.29) is 12.7 Å². The highest BCUT2D eigenvalue weighted by atomic mass is 16.5. The van der Waals surface area contributed by atoms with Gasteiger partial charge in [-0.2, -0.15) is 0 Å². The van der Waals surface area contributed by atoms with E-state index in [0.29, 0.717) is 6.42 Å². The Bertz CT molecular complexity index is 415. The number of nitrogens with zero attached hydrogens (tertiary/aromatic N) is 2. The van der Waals surface area contributed by atoms with Gasteiger partial charge in [-0.25, -0.2) is 4.98 Å². The number of imidazole rings is 1. The second-order valence-corrected chi connectivity index (χ2v) is 6.38. The molecule has 1 heterocycles. The molecule has 0 aliphatic carbocycles. The van der Waals surface area contributed by atoms with Crippen LogP contribution in [-0.2, 0) is 16.3 Å². The van der Waals surface area contributed by atoms with Gasteiger partial charge < -0.3 is 9.30 Å². The van der Waals surface area contributed by atoms with Crippen LogP contribution in [0.1, 0.15) is 89.8 Å². The summed E-state index contributed by atoms with van der Waals surface area (Å²) in [6.45, 7) is 4.44. The number of aryl methyl sites for hydroxylation is 1. The van der Waals surface area contributed by atoms with Crippen LogP contribution < -0.4 is 0 Å². The van der Waals surface area contributed by atoms with Gasteiger partial charge in [0.15, 0.2) is 6.73 Å². The molecule has 132 valence electrons. The van der Waals surface area contributed by atoms with E-state index in [1.165, 1.54) is 57.8 Å². The number of carbonyl (C=O) groups is 1. The number of aromatic nitrogens is 2. The molecule has 0 N–H and O–H groups in total. The van der Waals surface area contributed by atoms with Gasteiger partial charge in [0.05, 0.1) is 0 Å².